The smallest absolute Gasteiger partial charge is 0.231 e. The van der Waals surface area contributed by atoms with Crippen molar-refractivity contribution in [3.8, 4) is 11.5 Å². The molecule has 0 bridgehead atoms. The third kappa shape index (κ3) is 4.13. The standard InChI is InChI=1S/C18H20N2O2S/c1-13(15-7-8-16-17(11-15)22-12-21-16)20-18(23)19-10-9-14-5-3-2-4-6-14/h2-8,11,13H,9-10,12H2,1H3,(H2,19,20,23). The predicted molar refractivity (Wildman–Crippen MR) is 94.9 cm³/mol. The molecule has 2 aromatic rings. The lowest BCUT2D eigenvalue weighted by Crippen LogP contribution is -2.37. The van der Waals surface area contributed by atoms with Crippen LogP contribution < -0.4 is 20.1 Å². The molecule has 0 saturated carbocycles. The number of nitrogens with one attached hydrogen (secondary N) is 2. The van der Waals surface area contributed by atoms with Gasteiger partial charge in [-0.25, -0.2) is 0 Å². The number of fused-ring (bicyclic) bond motifs is 1. The molecule has 4 nitrogen and oxygen atoms in total. The van der Waals surface area contributed by atoms with Gasteiger partial charge < -0.3 is 20.1 Å². The molecule has 3 rings (SSSR count). The van der Waals surface area contributed by atoms with Gasteiger partial charge in [0.25, 0.3) is 0 Å². The van der Waals surface area contributed by atoms with E-state index in [4.69, 9.17) is 21.7 Å². The second-order valence-electron chi connectivity index (χ2n) is 5.47. The van der Waals surface area contributed by atoms with E-state index in [9.17, 15) is 0 Å². The molecule has 0 saturated heterocycles. The average molecular weight is 328 g/mol. The zero-order valence-corrected chi connectivity index (χ0v) is 13.9. The monoisotopic (exact) mass is 328 g/mol. The Bertz CT molecular complexity index is 676. The summed E-state index contributed by atoms with van der Waals surface area (Å²) in [6.45, 7) is 3.17. The van der Waals surface area contributed by atoms with Crippen molar-refractivity contribution in [2.45, 2.75) is 19.4 Å². The lowest BCUT2D eigenvalue weighted by atomic mass is 10.1. The maximum Gasteiger partial charge on any atom is 0.231 e. The van der Waals surface area contributed by atoms with Crippen molar-refractivity contribution in [3.63, 3.8) is 0 Å². The Hall–Kier alpha value is -2.27. The molecule has 1 aliphatic rings. The van der Waals surface area contributed by atoms with Crippen LogP contribution in [0.15, 0.2) is 48.5 Å². The van der Waals surface area contributed by atoms with E-state index in [-0.39, 0.29) is 6.04 Å². The Morgan fingerprint density at radius 3 is 2.74 bits per heavy atom. The van der Waals surface area contributed by atoms with E-state index in [1.807, 2.05) is 36.4 Å². The van der Waals surface area contributed by atoms with Crippen LogP contribution in [0.1, 0.15) is 24.1 Å². The maximum absolute atomic E-state index is 5.41. The van der Waals surface area contributed by atoms with Gasteiger partial charge in [0.1, 0.15) is 0 Å². The number of ether oxygens (including phenoxy) is 2. The summed E-state index contributed by atoms with van der Waals surface area (Å²) < 4.78 is 10.7. The first-order valence-corrected chi connectivity index (χ1v) is 8.11. The molecule has 0 radical (unpaired) electrons. The van der Waals surface area contributed by atoms with Gasteiger partial charge in [0.05, 0.1) is 6.04 Å². The van der Waals surface area contributed by atoms with Crippen LogP contribution in [-0.2, 0) is 6.42 Å². The van der Waals surface area contributed by atoms with Gasteiger partial charge in [-0.05, 0) is 48.8 Å². The van der Waals surface area contributed by atoms with Gasteiger partial charge in [0.2, 0.25) is 6.79 Å². The maximum atomic E-state index is 5.41. The molecule has 1 unspecified atom stereocenters. The molecule has 5 heteroatoms. The Kier molecular flexibility index (Phi) is 4.98. The van der Waals surface area contributed by atoms with Crippen LogP contribution in [0.5, 0.6) is 11.5 Å². The zero-order chi connectivity index (χ0) is 16.1. The molecule has 120 valence electrons. The second-order valence-corrected chi connectivity index (χ2v) is 5.88. The third-order valence-electron chi connectivity index (χ3n) is 3.79. The van der Waals surface area contributed by atoms with E-state index in [2.05, 4.69) is 29.7 Å². The Morgan fingerprint density at radius 1 is 1.13 bits per heavy atom. The summed E-state index contributed by atoms with van der Waals surface area (Å²) >= 11 is 5.37. The lowest BCUT2D eigenvalue weighted by molar-refractivity contribution is 0.174. The number of thiocarbonyl (C=S) groups is 1. The molecule has 2 aromatic carbocycles. The van der Waals surface area contributed by atoms with Crippen LogP contribution in [0, 0.1) is 0 Å². The summed E-state index contributed by atoms with van der Waals surface area (Å²) in [6, 6.07) is 16.4. The summed E-state index contributed by atoms with van der Waals surface area (Å²) in [6.07, 6.45) is 0.946. The van der Waals surface area contributed by atoms with Crippen molar-refractivity contribution in [3.05, 3.63) is 59.7 Å². The molecule has 2 N–H and O–H groups in total. The molecule has 0 fully saturated rings. The first-order chi connectivity index (χ1) is 11.2. The van der Waals surface area contributed by atoms with Gasteiger partial charge in [0, 0.05) is 6.54 Å². The second kappa shape index (κ2) is 7.33. The summed E-state index contributed by atoms with van der Waals surface area (Å²) in [5, 5.41) is 7.20. The van der Waals surface area contributed by atoms with E-state index in [1.54, 1.807) is 0 Å². The van der Waals surface area contributed by atoms with E-state index in [0.29, 0.717) is 11.9 Å². The SMILES string of the molecule is CC(NC(=S)NCCc1ccccc1)c1ccc2c(c1)OCO2. The molecular weight excluding hydrogens is 308 g/mol. The highest BCUT2D eigenvalue weighted by Crippen LogP contribution is 2.34. The number of benzene rings is 2. The number of rotatable bonds is 5. The highest BCUT2D eigenvalue weighted by molar-refractivity contribution is 7.80. The molecule has 0 aliphatic carbocycles. The Morgan fingerprint density at radius 2 is 1.91 bits per heavy atom. The van der Waals surface area contributed by atoms with Crippen molar-refractivity contribution in [1.29, 1.82) is 0 Å². The van der Waals surface area contributed by atoms with Gasteiger partial charge >= 0.3 is 0 Å². The fourth-order valence-electron chi connectivity index (χ4n) is 2.48. The Labute approximate surface area is 141 Å². The number of hydrogen-bond acceptors (Lipinski definition) is 3. The first kappa shape index (κ1) is 15.6. The van der Waals surface area contributed by atoms with Crippen molar-refractivity contribution in [1.82, 2.24) is 10.6 Å². The van der Waals surface area contributed by atoms with E-state index >= 15 is 0 Å². The summed E-state index contributed by atoms with van der Waals surface area (Å²) in [4.78, 5) is 0. The van der Waals surface area contributed by atoms with E-state index in [1.165, 1.54) is 5.56 Å². The van der Waals surface area contributed by atoms with Crippen LogP contribution in [0.25, 0.3) is 0 Å². The fourth-order valence-corrected chi connectivity index (χ4v) is 2.76. The minimum atomic E-state index is 0.0984. The summed E-state index contributed by atoms with van der Waals surface area (Å²) in [5.74, 6) is 1.59. The minimum Gasteiger partial charge on any atom is -0.454 e. The van der Waals surface area contributed by atoms with Crippen molar-refractivity contribution in [2.75, 3.05) is 13.3 Å². The summed E-state index contributed by atoms with van der Waals surface area (Å²) in [7, 11) is 0. The van der Waals surface area contributed by atoms with Crippen molar-refractivity contribution < 1.29 is 9.47 Å². The molecule has 0 amide bonds. The Balaban J connectivity index is 1.47. The highest BCUT2D eigenvalue weighted by Gasteiger charge is 2.16. The molecule has 1 aliphatic heterocycles. The topological polar surface area (TPSA) is 42.5 Å². The molecule has 23 heavy (non-hydrogen) atoms. The number of hydrogen-bond donors (Lipinski definition) is 2. The highest BCUT2D eigenvalue weighted by atomic mass is 32.1. The van der Waals surface area contributed by atoms with Crippen LogP contribution in [0.4, 0.5) is 0 Å². The van der Waals surface area contributed by atoms with E-state index in [0.717, 1.165) is 30.0 Å². The first-order valence-electron chi connectivity index (χ1n) is 7.70. The van der Waals surface area contributed by atoms with Gasteiger partial charge in [0.15, 0.2) is 16.6 Å². The molecule has 0 aromatic heterocycles. The normalized spacial score (nSPS) is 13.4. The molecule has 1 atom stereocenters. The van der Waals surface area contributed by atoms with Gasteiger partial charge in [-0.3, -0.25) is 0 Å². The molecule has 1 heterocycles. The van der Waals surface area contributed by atoms with Crippen LogP contribution >= 0.6 is 12.2 Å². The van der Waals surface area contributed by atoms with E-state index < -0.39 is 0 Å². The predicted octanol–water partition coefficient (Wildman–Crippen LogP) is 3.18. The van der Waals surface area contributed by atoms with Crippen LogP contribution in [0.2, 0.25) is 0 Å². The van der Waals surface area contributed by atoms with Crippen molar-refractivity contribution >= 4 is 17.3 Å². The third-order valence-corrected chi connectivity index (χ3v) is 4.05. The fraction of sp³-hybridized carbons (Fsp3) is 0.278. The summed E-state index contributed by atoms with van der Waals surface area (Å²) in [5.41, 5.74) is 2.41. The largest absolute Gasteiger partial charge is 0.454 e. The molecular formula is C18H20N2O2S. The van der Waals surface area contributed by atoms with Gasteiger partial charge in [-0.15, -0.1) is 0 Å². The van der Waals surface area contributed by atoms with Crippen LogP contribution in [-0.4, -0.2) is 18.5 Å². The molecule has 0 spiro atoms. The van der Waals surface area contributed by atoms with Crippen LogP contribution in [0.3, 0.4) is 0 Å². The van der Waals surface area contributed by atoms with Gasteiger partial charge in [-0.2, -0.15) is 0 Å². The van der Waals surface area contributed by atoms with Crippen molar-refractivity contribution in [2.24, 2.45) is 0 Å². The van der Waals surface area contributed by atoms with Gasteiger partial charge in [-0.1, -0.05) is 36.4 Å². The lowest BCUT2D eigenvalue weighted by Gasteiger charge is -2.17. The minimum absolute atomic E-state index is 0.0984. The quantitative estimate of drug-likeness (QED) is 0.825. The zero-order valence-electron chi connectivity index (χ0n) is 13.0. The average Bonchev–Trinajstić information content (AvgIpc) is 3.03.